The summed E-state index contributed by atoms with van der Waals surface area (Å²) in [5.74, 6) is -2.58. The first kappa shape index (κ1) is 10.6. The minimum Gasteiger partial charge on any atom is -0.502 e. The summed E-state index contributed by atoms with van der Waals surface area (Å²) >= 11 is 0. The molecule has 0 aliphatic heterocycles. The SMILES string of the molecule is O=C(O)/C(O)=C/c1ncccc1[N+](=O)[O-]. The van der Waals surface area contributed by atoms with E-state index in [9.17, 15) is 14.9 Å². The molecule has 7 nitrogen and oxygen atoms in total. The number of nitro groups is 1. The third-order valence-corrected chi connectivity index (χ3v) is 1.51. The Morgan fingerprint density at radius 1 is 1.53 bits per heavy atom. The Bertz CT molecular complexity index is 440. The molecule has 7 heteroatoms. The van der Waals surface area contributed by atoms with E-state index in [0.717, 1.165) is 12.1 Å². The van der Waals surface area contributed by atoms with Crippen LogP contribution in [-0.4, -0.2) is 26.1 Å². The normalized spacial score (nSPS) is 11.1. The van der Waals surface area contributed by atoms with Crippen molar-refractivity contribution in [1.82, 2.24) is 4.98 Å². The Balaban J connectivity index is 3.20. The molecule has 15 heavy (non-hydrogen) atoms. The average molecular weight is 210 g/mol. The third kappa shape index (κ3) is 2.50. The number of carboxylic acids is 1. The summed E-state index contributed by atoms with van der Waals surface area (Å²) in [7, 11) is 0. The number of aromatic nitrogens is 1. The van der Waals surface area contributed by atoms with Crippen LogP contribution in [0.1, 0.15) is 5.69 Å². The van der Waals surface area contributed by atoms with Gasteiger partial charge < -0.3 is 10.2 Å². The lowest BCUT2D eigenvalue weighted by atomic mass is 10.2. The maximum Gasteiger partial charge on any atom is 0.371 e. The molecule has 0 amide bonds. The zero-order valence-corrected chi connectivity index (χ0v) is 7.32. The van der Waals surface area contributed by atoms with Crippen LogP contribution in [0, 0.1) is 10.1 Å². The Kier molecular flexibility index (Phi) is 2.97. The predicted octanol–water partition coefficient (Wildman–Crippen LogP) is 0.973. The van der Waals surface area contributed by atoms with Crippen molar-refractivity contribution < 1.29 is 19.9 Å². The van der Waals surface area contributed by atoms with Crippen LogP contribution in [0.15, 0.2) is 24.1 Å². The zero-order chi connectivity index (χ0) is 11.4. The number of aliphatic carboxylic acids is 1. The van der Waals surface area contributed by atoms with Gasteiger partial charge in [0, 0.05) is 18.3 Å². The number of carboxylic acid groups (broad SMARTS) is 1. The highest BCUT2D eigenvalue weighted by molar-refractivity contribution is 5.89. The molecule has 0 saturated heterocycles. The van der Waals surface area contributed by atoms with Crippen molar-refractivity contribution in [3.63, 3.8) is 0 Å². The first-order valence-electron chi connectivity index (χ1n) is 3.75. The van der Waals surface area contributed by atoms with Crippen LogP contribution in [-0.2, 0) is 4.79 Å². The van der Waals surface area contributed by atoms with Crippen molar-refractivity contribution in [1.29, 1.82) is 0 Å². The maximum absolute atomic E-state index is 10.5. The Labute approximate surface area is 83.5 Å². The van der Waals surface area contributed by atoms with Gasteiger partial charge in [0.2, 0.25) is 5.76 Å². The highest BCUT2D eigenvalue weighted by Gasteiger charge is 2.14. The summed E-state index contributed by atoms with van der Waals surface area (Å²) in [6.07, 6.45) is 1.98. The van der Waals surface area contributed by atoms with Crippen LogP contribution in [0.4, 0.5) is 5.69 Å². The van der Waals surface area contributed by atoms with Gasteiger partial charge >= 0.3 is 5.97 Å². The predicted molar refractivity (Wildman–Crippen MR) is 49.1 cm³/mol. The highest BCUT2D eigenvalue weighted by Crippen LogP contribution is 2.17. The van der Waals surface area contributed by atoms with E-state index < -0.39 is 16.7 Å². The van der Waals surface area contributed by atoms with E-state index in [0.29, 0.717) is 0 Å². The van der Waals surface area contributed by atoms with E-state index in [2.05, 4.69) is 4.98 Å². The molecule has 0 saturated carbocycles. The maximum atomic E-state index is 10.5. The molecule has 1 rings (SSSR count). The zero-order valence-electron chi connectivity index (χ0n) is 7.32. The van der Waals surface area contributed by atoms with Crippen molar-refractivity contribution in [3.8, 4) is 0 Å². The van der Waals surface area contributed by atoms with Gasteiger partial charge in [-0.1, -0.05) is 0 Å². The third-order valence-electron chi connectivity index (χ3n) is 1.51. The molecule has 0 bridgehead atoms. The van der Waals surface area contributed by atoms with Crippen LogP contribution in [0.25, 0.3) is 6.08 Å². The molecule has 0 radical (unpaired) electrons. The second kappa shape index (κ2) is 4.18. The van der Waals surface area contributed by atoms with Gasteiger partial charge in [0.1, 0.15) is 5.69 Å². The van der Waals surface area contributed by atoms with Crippen LogP contribution >= 0.6 is 0 Å². The van der Waals surface area contributed by atoms with Gasteiger partial charge in [-0.3, -0.25) is 10.1 Å². The number of pyridine rings is 1. The van der Waals surface area contributed by atoms with Crippen LogP contribution in [0.5, 0.6) is 0 Å². The fourth-order valence-electron chi connectivity index (χ4n) is 0.866. The number of carbonyl (C=O) groups is 1. The summed E-state index contributed by atoms with van der Waals surface area (Å²) in [5, 5.41) is 27.7. The number of hydrogen-bond donors (Lipinski definition) is 2. The van der Waals surface area contributed by atoms with Gasteiger partial charge in [0.05, 0.1) is 4.92 Å². The molecule has 0 unspecified atom stereocenters. The van der Waals surface area contributed by atoms with Gasteiger partial charge in [0.25, 0.3) is 5.69 Å². The monoisotopic (exact) mass is 210 g/mol. The quantitative estimate of drug-likeness (QED) is 0.332. The number of hydrogen-bond acceptors (Lipinski definition) is 5. The number of aliphatic hydroxyl groups is 1. The van der Waals surface area contributed by atoms with Crippen LogP contribution < -0.4 is 0 Å². The molecular formula is C8H6N2O5. The van der Waals surface area contributed by atoms with E-state index in [1.807, 2.05) is 0 Å². The molecule has 0 spiro atoms. The Hall–Kier alpha value is -2.44. The fraction of sp³-hybridized carbons (Fsp3) is 0. The van der Waals surface area contributed by atoms with Crippen molar-refractivity contribution in [2.24, 2.45) is 0 Å². The molecule has 0 aromatic carbocycles. The molecule has 1 aromatic rings. The summed E-state index contributed by atoms with van der Waals surface area (Å²) in [6, 6.07) is 2.50. The lowest BCUT2D eigenvalue weighted by molar-refractivity contribution is -0.385. The summed E-state index contributed by atoms with van der Waals surface area (Å²) in [4.78, 5) is 23.6. The molecule has 78 valence electrons. The van der Waals surface area contributed by atoms with Gasteiger partial charge in [-0.05, 0) is 6.07 Å². The van der Waals surface area contributed by atoms with Crippen molar-refractivity contribution in [2.45, 2.75) is 0 Å². The van der Waals surface area contributed by atoms with Crippen LogP contribution in [0.2, 0.25) is 0 Å². The average Bonchev–Trinajstić information content (AvgIpc) is 2.18. The second-order valence-corrected chi connectivity index (χ2v) is 2.50. The molecular weight excluding hydrogens is 204 g/mol. The van der Waals surface area contributed by atoms with Crippen molar-refractivity contribution >= 4 is 17.7 Å². The van der Waals surface area contributed by atoms with Crippen LogP contribution in [0.3, 0.4) is 0 Å². The van der Waals surface area contributed by atoms with E-state index in [-0.39, 0.29) is 11.4 Å². The molecule has 0 aliphatic rings. The lowest BCUT2D eigenvalue weighted by Crippen LogP contribution is -2.00. The fourth-order valence-corrected chi connectivity index (χ4v) is 0.866. The molecule has 0 fully saturated rings. The summed E-state index contributed by atoms with van der Waals surface area (Å²) in [6.45, 7) is 0. The van der Waals surface area contributed by atoms with E-state index >= 15 is 0 Å². The Morgan fingerprint density at radius 3 is 2.73 bits per heavy atom. The van der Waals surface area contributed by atoms with E-state index in [4.69, 9.17) is 10.2 Å². The number of nitrogens with zero attached hydrogens (tertiary/aromatic N) is 2. The molecule has 1 heterocycles. The van der Waals surface area contributed by atoms with Crippen molar-refractivity contribution in [3.05, 3.63) is 39.9 Å². The highest BCUT2D eigenvalue weighted by atomic mass is 16.6. The lowest BCUT2D eigenvalue weighted by Gasteiger charge is -1.96. The number of rotatable bonds is 3. The molecule has 0 aliphatic carbocycles. The van der Waals surface area contributed by atoms with Gasteiger partial charge in [-0.25, -0.2) is 9.78 Å². The first-order chi connectivity index (χ1) is 7.02. The molecule has 2 N–H and O–H groups in total. The Morgan fingerprint density at radius 2 is 2.20 bits per heavy atom. The number of aliphatic hydroxyl groups excluding tert-OH is 1. The van der Waals surface area contributed by atoms with E-state index in [1.165, 1.54) is 12.3 Å². The standard InChI is InChI=1S/C8H6N2O5/c11-7(8(12)13)4-5-6(10(14)15)2-1-3-9-5/h1-4,11H,(H,12,13)/b7-4-. The minimum absolute atomic E-state index is 0.206. The van der Waals surface area contributed by atoms with Gasteiger partial charge in [-0.15, -0.1) is 0 Å². The van der Waals surface area contributed by atoms with Gasteiger partial charge in [0.15, 0.2) is 0 Å². The topological polar surface area (TPSA) is 114 Å². The minimum atomic E-state index is -1.57. The first-order valence-corrected chi connectivity index (χ1v) is 3.75. The second-order valence-electron chi connectivity index (χ2n) is 2.50. The molecule has 1 aromatic heterocycles. The van der Waals surface area contributed by atoms with E-state index in [1.54, 1.807) is 0 Å². The summed E-state index contributed by atoms with van der Waals surface area (Å²) < 4.78 is 0. The van der Waals surface area contributed by atoms with Crippen molar-refractivity contribution in [2.75, 3.05) is 0 Å². The largest absolute Gasteiger partial charge is 0.502 e. The van der Waals surface area contributed by atoms with Gasteiger partial charge in [-0.2, -0.15) is 0 Å². The molecule has 0 atom stereocenters. The smallest absolute Gasteiger partial charge is 0.371 e. The summed E-state index contributed by atoms with van der Waals surface area (Å²) in [5.41, 5.74) is -0.576.